The number of nitrogens with zero attached hydrogens (tertiary/aromatic N) is 1. The Labute approximate surface area is 190 Å². The third-order valence-electron chi connectivity index (χ3n) is 4.78. The fourth-order valence-corrected chi connectivity index (χ4v) is 5.12. The molecule has 166 valence electrons. The average Bonchev–Trinajstić information content (AvgIpc) is 3.50. The van der Waals surface area contributed by atoms with Gasteiger partial charge in [-0.1, -0.05) is 30.3 Å². The molecule has 1 N–H and O–H groups in total. The Hall–Kier alpha value is -3.30. The zero-order valence-corrected chi connectivity index (χ0v) is 19.2. The first kappa shape index (κ1) is 21.9. The molecule has 4 rings (SSSR count). The van der Waals surface area contributed by atoms with Gasteiger partial charge in [-0.05, 0) is 47.7 Å². The number of benzene rings is 2. The number of rotatable bonds is 9. The number of hydrogen-bond acceptors (Lipinski definition) is 8. The molecule has 0 aliphatic heterocycles. The minimum atomic E-state index is -3.85. The zero-order valence-electron chi connectivity index (χ0n) is 17.6. The molecular weight excluding hydrogens is 448 g/mol. The fraction of sp³-hybridized carbons (Fsp3) is 0.174. The van der Waals surface area contributed by atoms with Gasteiger partial charge in [-0.15, -0.1) is 11.3 Å². The van der Waals surface area contributed by atoms with E-state index in [2.05, 4.69) is 10.3 Å². The van der Waals surface area contributed by atoms with E-state index in [1.165, 1.54) is 11.3 Å². The minimum Gasteiger partial charge on any atom is -0.493 e. The van der Waals surface area contributed by atoms with Crippen LogP contribution in [-0.2, 0) is 16.3 Å². The van der Waals surface area contributed by atoms with Crippen LogP contribution in [0.2, 0.25) is 0 Å². The maximum atomic E-state index is 13.2. The molecule has 0 fully saturated rings. The van der Waals surface area contributed by atoms with E-state index in [1.54, 1.807) is 44.6 Å². The summed E-state index contributed by atoms with van der Waals surface area (Å²) >= 11 is 1.43. The van der Waals surface area contributed by atoms with Gasteiger partial charge in [-0.2, -0.15) is 4.98 Å². The summed E-state index contributed by atoms with van der Waals surface area (Å²) < 4.78 is 42.9. The Kier molecular flexibility index (Phi) is 6.48. The molecule has 0 atom stereocenters. The number of aromatic nitrogens is 1. The third kappa shape index (κ3) is 4.49. The third-order valence-corrected chi connectivity index (χ3v) is 7.32. The lowest BCUT2D eigenvalue weighted by atomic mass is 10.1. The van der Waals surface area contributed by atoms with Gasteiger partial charge in [0.25, 0.3) is 0 Å². The van der Waals surface area contributed by atoms with E-state index in [0.717, 1.165) is 10.4 Å². The average molecular weight is 471 g/mol. The van der Waals surface area contributed by atoms with Crippen molar-refractivity contribution in [1.82, 2.24) is 4.98 Å². The Morgan fingerprint density at radius 3 is 2.47 bits per heavy atom. The lowest BCUT2D eigenvalue weighted by Gasteiger charge is -2.10. The van der Waals surface area contributed by atoms with Gasteiger partial charge in [-0.25, -0.2) is 8.42 Å². The van der Waals surface area contributed by atoms with Gasteiger partial charge in [0, 0.05) is 6.54 Å². The molecule has 4 aromatic rings. The topological polar surface area (TPSA) is 90.7 Å². The first-order chi connectivity index (χ1) is 15.5. The van der Waals surface area contributed by atoms with Crippen LogP contribution in [0.25, 0.3) is 10.8 Å². The number of oxazole rings is 1. The molecule has 0 saturated carbocycles. The predicted octanol–water partition coefficient (Wildman–Crippen LogP) is 4.91. The van der Waals surface area contributed by atoms with E-state index < -0.39 is 9.84 Å². The SMILES string of the molecule is COc1ccc(CCNc2oc(-c3cccs3)nc2S(=O)(=O)c2ccccc2)cc1OC. The van der Waals surface area contributed by atoms with Gasteiger partial charge in [-0.3, -0.25) is 0 Å². The van der Waals surface area contributed by atoms with Gasteiger partial charge in [0.1, 0.15) is 0 Å². The second-order valence-electron chi connectivity index (χ2n) is 6.81. The van der Waals surface area contributed by atoms with Crippen LogP contribution in [0.1, 0.15) is 5.56 Å². The number of sulfone groups is 1. The first-order valence-electron chi connectivity index (χ1n) is 9.82. The van der Waals surface area contributed by atoms with Crippen molar-refractivity contribution in [2.75, 3.05) is 26.1 Å². The monoisotopic (exact) mass is 470 g/mol. The van der Waals surface area contributed by atoms with Crippen molar-refractivity contribution >= 4 is 27.1 Å². The molecule has 7 nitrogen and oxygen atoms in total. The lowest BCUT2D eigenvalue weighted by Crippen LogP contribution is -2.10. The largest absolute Gasteiger partial charge is 0.493 e. The van der Waals surface area contributed by atoms with Crippen molar-refractivity contribution in [3.05, 3.63) is 71.6 Å². The summed E-state index contributed by atoms with van der Waals surface area (Å²) in [6, 6.07) is 17.6. The van der Waals surface area contributed by atoms with Gasteiger partial charge in [0.15, 0.2) is 11.5 Å². The minimum absolute atomic E-state index is 0.123. The lowest BCUT2D eigenvalue weighted by molar-refractivity contribution is 0.354. The molecule has 0 aliphatic carbocycles. The maximum absolute atomic E-state index is 13.2. The standard InChI is InChI=1S/C23H22N2O5S2/c1-28-18-11-10-16(15-19(18)29-2)12-13-24-22-23(25-21(30-22)20-9-6-14-31-20)32(26,27)17-7-4-3-5-8-17/h3-11,14-15,24H,12-13H2,1-2H3. The van der Waals surface area contributed by atoms with E-state index >= 15 is 0 Å². The Morgan fingerprint density at radius 1 is 1.00 bits per heavy atom. The highest BCUT2D eigenvalue weighted by Crippen LogP contribution is 2.34. The summed E-state index contributed by atoms with van der Waals surface area (Å²) in [4.78, 5) is 5.25. The second-order valence-corrected chi connectivity index (χ2v) is 9.63. The van der Waals surface area contributed by atoms with E-state index in [9.17, 15) is 8.42 Å². The molecule has 9 heteroatoms. The highest BCUT2D eigenvalue weighted by Gasteiger charge is 2.28. The number of anilines is 1. The highest BCUT2D eigenvalue weighted by molar-refractivity contribution is 7.91. The van der Waals surface area contributed by atoms with Crippen LogP contribution in [-0.4, -0.2) is 34.2 Å². The predicted molar refractivity (Wildman–Crippen MR) is 123 cm³/mol. The molecule has 0 radical (unpaired) electrons. The van der Waals surface area contributed by atoms with Crippen molar-refractivity contribution in [2.45, 2.75) is 16.3 Å². The summed E-state index contributed by atoms with van der Waals surface area (Å²) in [5, 5.41) is 4.87. The van der Waals surface area contributed by atoms with Crippen LogP contribution in [0, 0.1) is 0 Å². The van der Waals surface area contributed by atoms with Gasteiger partial charge in [0.2, 0.25) is 26.6 Å². The molecule has 2 heterocycles. The van der Waals surface area contributed by atoms with Crippen molar-refractivity contribution in [3.8, 4) is 22.3 Å². The van der Waals surface area contributed by atoms with Crippen LogP contribution >= 0.6 is 11.3 Å². The quantitative estimate of drug-likeness (QED) is 0.372. The fourth-order valence-electron chi connectivity index (χ4n) is 3.17. The number of hydrogen-bond donors (Lipinski definition) is 1. The zero-order chi connectivity index (χ0) is 22.6. The molecule has 0 saturated heterocycles. The smallest absolute Gasteiger partial charge is 0.240 e. The summed E-state index contributed by atoms with van der Waals surface area (Å²) in [6.45, 7) is 0.436. The van der Waals surface area contributed by atoms with Gasteiger partial charge in [0.05, 0.1) is 24.0 Å². The number of ether oxygens (including phenoxy) is 2. The van der Waals surface area contributed by atoms with Crippen LogP contribution in [0.5, 0.6) is 11.5 Å². The van der Waals surface area contributed by atoms with Crippen LogP contribution in [0.15, 0.2) is 80.4 Å². The van der Waals surface area contributed by atoms with Gasteiger partial charge < -0.3 is 19.2 Å². The number of nitrogens with one attached hydrogen (secondary N) is 1. The highest BCUT2D eigenvalue weighted by atomic mass is 32.2. The first-order valence-corrected chi connectivity index (χ1v) is 12.2. The summed E-state index contributed by atoms with van der Waals surface area (Å²) in [5.74, 6) is 1.68. The molecule has 0 unspecified atom stereocenters. The van der Waals surface area contributed by atoms with Gasteiger partial charge >= 0.3 is 0 Å². The van der Waals surface area contributed by atoms with Crippen LogP contribution in [0.4, 0.5) is 5.88 Å². The Morgan fingerprint density at radius 2 is 1.78 bits per heavy atom. The van der Waals surface area contributed by atoms with E-state index in [4.69, 9.17) is 13.9 Å². The second kappa shape index (κ2) is 9.46. The van der Waals surface area contributed by atoms with Crippen molar-refractivity contribution < 1.29 is 22.3 Å². The van der Waals surface area contributed by atoms with Crippen molar-refractivity contribution in [1.29, 1.82) is 0 Å². The summed E-state index contributed by atoms with van der Waals surface area (Å²) in [5.41, 5.74) is 1.00. The van der Waals surface area contributed by atoms with Crippen LogP contribution < -0.4 is 14.8 Å². The van der Waals surface area contributed by atoms with E-state index in [1.807, 2.05) is 35.7 Å². The molecule has 0 aliphatic rings. The molecule has 32 heavy (non-hydrogen) atoms. The maximum Gasteiger partial charge on any atom is 0.240 e. The molecule has 2 aromatic carbocycles. The molecule has 2 aromatic heterocycles. The van der Waals surface area contributed by atoms with Crippen molar-refractivity contribution in [2.24, 2.45) is 0 Å². The summed E-state index contributed by atoms with van der Waals surface area (Å²) in [6.07, 6.45) is 0.611. The van der Waals surface area contributed by atoms with E-state index in [0.29, 0.717) is 24.5 Å². The molecule has 0 amide bonds. The number of methoxy groups -OCH3 is 2. The molecular formula is C23H22N2O5S2. The van der Waals surface area contributed by atoms with E-state index in [-0.39, 0.29) is 21.7 Å². The van der Waals surface area contributed by atoms with Crippen molar-refractivity contribution in [3.63, 3.8) is 0 Å². The molecule has 0 spiro atoms. The normalized spacial score (nSPS) is 11.3. The summed E-state index contributed by atoms with van der Waals surface area (Å²) in [7, 11) is -0.683. The number of thiophene rings is 1. The Balaban J connectivity index is 1.60. The van der Waals surface area contributed by atoms with Crippen LogP contribution in [0.3, 0.4) is 0 Å². The molecule has 0 bridgehead atoms. The Bertz CT molecular complexity index is 1280.